The number of hydrogen-bond acceptors (Lipinski definition) is 3. The Hall–Kier alpha value is -2.10. The summed E-state index contributed by atoms with van der Waals surface area (Å²) in [7, 11) is 0. The smallest absolute Gasteiger partial charge is 0.156 e. The molecular weight excluding hydrogens is 224 g/mol. The first-order valence-electron chi connectivity index (χ1n) is 6.03. The lowest BCUT2D eigenvalue weighted by atomic mass is 10.2. The van der Waals surface area contributed by atoms with Gasteiger partial charge in [0, 0.05) is 11.7 Å². The Morgan fingerprint density at radius 1 is 1.22 bits per heavy atom. The molecule has 0 aliphatic carbocycles. The number of aromatic nitrogens is 3. The molecule has 2 aromatic rings. The van der Waals surface area contributed by atoms with Crippen molar-refractivity contribution in [2.75, 3.05) is 5.73 Å². The highest BCUT2D eigenvalue weighted by molar-refractivity contribution is 5.68. The first-order chi connectivity index (χ1) is 8.58. The lowest BCUT2D eigenvalue weighted by molar-refractivity contribution is 0.577. The monoisotopic (exact) mass is 242 g/mol. The number of hydrogen-bond donors (Lipinski definition) is 1. The molecule has 1 heterocycles. The van der Waals surface area contributed by atoms with Crippen LogP contribution in [0.4, 0.5) is 5.69 Å². The molecule has 2 N–H and O–H groups in total. The van der Waals surface area contributed by atoms with Gasteiger partial charge in [0.15, 0.2) is 5.82 Å². The van der Waals surface area contributed by atoms with E-state index >= 15 is 0 Å². The molecule has 0 aliphatic rings. The number of rotatable bonds is 3. The van der Waals surface area contributed by atoms with Gasteiger partial charge >= 0.3 is 0 Å². The van der Waals surface area contributed by atoms with E-state index in [1.807, 2.05) is 43.3 Å². The lowest BCUT2D eigenvalue weighted by Gasteiger charge is -2.09. The molecule has 0 amide bonds. The molecule has 1 aromatic heterocycles. The summed E-state index contributed by atoms with van der Waals surface area (Å²) in [5.41, 5.74) is 7.57. The van der Waals surface area contributed by atoms with E-state index in [0.717, 1.165) is 22.9 Å². The van der Waals surface area contributed by atoms with E-state index < -0.39 is 0 Å². The quantitative estimate of drug-likeness (QED) is 0.842. The molecule has 0 atom stereocenters. The topological polar surface area (TPSA) is 56.7 Å². The van der Waals surface area contributed by atoms with Crippen LogP contribution in [0.5, 0.6) is 0 Å². The highest BCUT2D eigenvalue weighted by Crippen LogP contribution is 2.14. The maximum Gasteiger partial charge on any atom is 0.156 e. The zero-order valence-corrected chi connectivity index (χ0v) is 11.0. The predicted molar refractivity (Wildman–Crippen MR) is 74.9 cm³/mol. The Morgan fingerprint density at radius 2 is 2.00 bits per heavy atom. The van der Waals surface area contributed by atoms with Gasteiger partial charge in [-0.25, -0.2) is 0 Å². The van der Waals surface area contributed by atoms with Crippen LogP contribution < -0.4 is 5.73 Å². The maximum atomic E-state index is 5.74. The summed E-state index contributed by atoms with van der Waals surface area (Å²) in [5, 5.41) is 8.27. The van der Waals surface area contributed by atoms with Gasteiger partial charge in [0.25, 0.3) is 0 Å². The lowest BCUT2D eigenvalue weighted by Crippen LogP contribution is -2.05. The third-order valence-corrected chi connectivity index (χ3v) is 2.74. The molecule has 94 valence electrons. The van der Waals surface area contributed by atoms with Crippen molar-refractivity contribution < 1.29 is 0 Å². The molecule has 18 heavy (non-hydrogen) atoms. The van der Waals surface area contributed by atoms with Crippen molar-refractivity contribution >= 4 is 17.8 Å². The highest BCUT2D eigenvalue weighted by Gasteiger charge is 2.08. The zero-order chi connectivity index (χ0) is 13.1. The number of nitrogen functional groups attached to an aromatic ring is 1. The number of aryl methyl sites for hydroxylation is 1. The van der Waals surface area contributed by atoms with Gasteiger partial charge in [0.2, 0.25) is 0 Å². The van der Waals surface area contributed by atoms with Gasteiger partial charge in [-0.1, -0.05) is 18.2 Å². The third-order valence-electron chi connectivity index (χ3n) is 2.74. The molecule has 4 heteroatoms. The fourth-order valence-corrected chi connectivity index (χ4v) is 1.97. The van der Waals surface area contributed by atoms with Crippen molar-refractivity contribution in [3.8, 4) is 0 Å². The summed E-state index contributed by atoms with van der Waals surface area (Å²) in [6.07, 6.45) is 3.97. The van der Waals surface area contributed by atoms with Crippen molar-refractivity contribution in [2.24, 2.45) is 0 Å². The fraction of sp³-hybridized carbons (Fsp3) is 0.286. The van der Waals surface area contributed by atoms with Gasteiger partial charge in [-0.05, 0) is 44.5 Å². The first-order valence-corrected chi connectivity index (χ1v) is 6.03. The van der Waals surface area contributed by atoms with Crippen LogP contribution in [0.3, 0.4) is 0 Å². The average Bonchev–Trinajstić information content (AvgIpc) is 2.68. The summed E-state index contributed by atoms with van der Waals surface area (Å²) < 4.78 is 2.10. The van der Waals surface area contributed by atoms with E-state index in [4.69, 9.17) is 5.73 Å². The van der Waals surface area contributed by atoms with Crippen LogP contribution in [0.15, 0.2) is 24.3 Å². The molecule has 0 fully saturated rings. The number of anilines is 1. The number of nitrogens with two attached hydrogens (primary N) is 1. The second kappa shape index (κ2) is 5.04. The molecule has 0 spiro atoms. The Bertz CT molecular complexity index is 567. The summed E-state index contributed by atoms with van der Waals surface area (Å²) in [6.45, 7) is 6.20. The molecule has 0 bridgehead atoms. The molecule has 0 aliphatic heterocycles. The Kier molecular flexibility index (Phi) is 3.46. The maximum absolute atomic E-state index is 5.74. The van der Waals surface area contributed by atoms with Crippen molar-refractivity contribution in [3.05, 3.63) is 41.5 Å². The molecule has 0 unspecified atom stereocenters. The molecule has 1 aromatic carbocycles. The van der Waals surface area contributed by atoms with Gasteiger partial charge in [0.1, 0.15) is 5.82 Å². The third kappa shape index (κ3) is 2.59. The van der Waals surface area contributed by atoms with E-state index in [1.54, 1.807) is 0 Å². The Labute approximate surface area is 107 Å². The van der Waals surface area contributed by atoms with Crippen LogP contribution in [-0.4, -0.2) is 14.8 Å². The van der Waals surface area contributed by atoms with Gasteiger partial charge in [-0.2, -0.15) is 0 Å². The number of benzene rings is 1. The average molecular weight is 242 g/mol. The standard InChI is InChI=1S/C14H18N4/c1-10(2)18-11(3)16-17-14(18)8-7-12-5-4-6-13(15)9-12/h4-10H,15H2,1-3H3/b8-7+. The van der Waals surface area contributed by atoms with Gasteiger partial charge in [0.05, 0.1) is 0 Å². The van der Waals surface area contributed by atoms with Crippen LogP contribution >= 0.6 is 0 Å². The largest absolute Gasteiger partial charge is 0.399 e. The minimum absolute atomic E-state index is 0.348. The van der Waals surface area contributed by atoms with Gasteiger partial charge in [-0.3, -0.25) is 0 Å². The summed E-state index contributed by atoms with van der Waals surface area (Å²) in [5.74, 6) is 1.79. The van der Waals surface area contributed by atoms with Gasteiger partial charge < -0.3 is 10.3 Å². The zero-order valence-electron chi connectivity index (χ0n) is 11.0. The predicted octanol–water partition coefficient (Wildman–Crippen LogP) is 2.92. The van der Waals surface area contributed by atoms with E-state index in [0.29, 0.717) is 6.04 Å². The summed E-state index contributed by atoms with van der Waals surface area (Å²) in [6, 6.07) is 8.10. The minimum Gasteiger partial charge on any atom is -0.399 e. The van der Waals surface area contributed by atoms with Crippen molar-refractivity contribution in [1.29, 1.82) is 0 Å². The van der Waals surface area contributed by atoms with E-state index in [1.165, 1.54) is 0 Å². The van der Waals surface area contributed by atoms with Crippen molar-refractivity contribution in [3.63, 3.8) is 0 Å². The van der Waals surface area contributed by atoms with Crippen LogP contribution in [-0.2, 0) is 0 Å². The fourth-order valence-electron chi connectivity index (χ4n) is 1.97. The SMILES string of the molecule is Cc1nnc(/C=C/c2cccc(N)c2)n1C(C)C. The molecule has 0 saturated carbocycles. The molecule has 4 nitrogen and oxygen atoms in total. The van der Waals surface area contributed by atoms with E-state index in [2.05, 4.69) is 28.6 Å². The molecule has 2 rings (SSSR count). The van der Waals surface area contributed by atoms with Gasteiger partial charge in [-0.15, -0.1) is 10.2 Å². The summed E-state index contributed by atoms with van der Waals surface area (Å²) >= 11 is 0. The van der Waals surface area contributed by atoms with Crippen LogP contribution in [0, 0.1) is 6.92 Å². The molecular formula is C14H18N4. The first kappa shape index (κ1) is 12.4. The summed E-state index contributed by atoms with van der Waals surface area (Å²) in [4.78, 5) is 0. The number of nitrogens with zero attached hydrogens (tertiary/aromatic N) is 3. The second-order valence-corrected chi connectivity index (χ2v) is 4.57. The molecule has 0 saturated heterocycles. The van der Waals surface area contributed by atoms with Crippen molar-refractivity contribution in [1.82, 2.24) is 14.8 Å². The molecule has 0 radical (unpaired) electrons. The second-order valence-electron chi connectivity index (χ2n) is 4.57. The van der Waals surface area contributed by atoms with Crippen LogP contribution in [0.25, 0.3) is 12.2 Å². The highest BCUT2D eigenvalue weighted by atomic mass is 15.3. The Morgan fingerprint density at radius 3 is 2.67 bits per heavy atom. The normalized spacial score (nSPS) is 11.6. The van der Waals surface area contributed by atoms with E-state index in [9.17, 15) is 0 Å². The van der Waals surface area contributed by atoms with Crippen molar-refractivity contribution in [2.45, 2.75) is 26.8 Å². The van der Waals surface area contributed by atoms with E-state index in [-0.39, 0.29) is 0 Å². The van der Waals surface area contributed by atoms with Crippen LogP contribution in [0.1, 0.15) is 37.1 Å². The Balaban J connectivity index is 2.29. The van der Waals surface area contributed by atoms with Crippen LogP contribution in [0.2, 0.25) is 0 Å². The minimum atomic E-state index is 0.348.